The molecule has 0 bridgehead atoms. The van der Waals surface area contributed by atoms with Crippen LogP contribution in [0, 0.1) is 0 Å². The largest absolute Gasteiger partial charge is 0.489 e. The summed E-state index contributed by atoms with van der Waals surface area (Å²) in [7, 11) is 0. The highest BCUT2D eigenvalue weighted by atomic mass is 16.5. The van der Waals surface area contributed by atoms with Crippen LogP contribution in [0.5, 0.6) is 0 Å². The van der Waals surface area contributed by atoms with Crippen molar-refractivity contribution in [1.82, 2.24) is 0 Å². The van der Waals surface area contributed by atoms with Gasteiger partial charge >= 0.3 is 5.97 Å². The van der Waals surface area contributed by atoms with E-state index in [1.807, 2.05) is 54.6 Å². The summed E-state index contributed by atoms with van der Waals surface area (Å²) < 4.78 is 6.25. The smallest absolute Gasteiger partial charge is 0.335 e. The monoisotopic (exact) mass is 417 g/mol. The second-order valence-electron chi connectivity index (χ2n) is 7.49. The number of allylic oxidation sites excluding steroid dienone is 4. The van der Waals surface area contributed by atoms with Gasteiger partial charge in [0.15, 0.2) is 0 Å². The molecule has 0 aromatic heterocycles. The van der Waals surface area contributed by atoms with Crippen LogP contribution in [0.4, 0.5) is 0 Å². The summed E-state index contributed by atoms with van der Waals surface area (Å²) in [5, 5.41) is 21.8. The molecule has 0 unspecified atom stereocenters. The Hall–Kier alpha value is -3.60. The summed E-state index contributed by atoms with van der Waals surface area (Å²) in [4.78, 5) is 11.0. The highest BCUT2D eigenvalue weighted by molar-refractivity contribution is 5.98. The number of ether oxygens (including phenoxy) is 1. The van der Waals surface area contributed by atoms with E-state index in [1.54, 1.807) is 12.1 Å². The standard InChI is InChI=1S/C26H27NO4/c1-2-7-22-16-24(27-30)17-23(25(22)31-18-20-8-4-3-5-9-20)11-6-10-19-12-14-21(15-13-19)26(28)29/h2-5,8-9,12-16,30H,1,6-7,10-11,17-18H2,(H,28,29). The number of oxime groups is 1. The van der Waals surface area contributed by atoms with Crippen LogP contribution >= 0.6 is 0 Å². The third-order valence-corrected chi connectivity index (χ3v) is 5.21. The van der Waals surface area contributed by atoms with Gasteiger partial charge in [-0.3, -0.25) is 0 Å². The molecule has 2 N–H and O–H groups in total. The van der Waals surface area contributed by atoms with Crippen LogP contribution in [0.25, 0.3) is 0 Å². The van der Waals surface area contributed by atoms with E-state index >= 15 is 0 Å². The van der Waals surface area contributed by atoms with E-state index in [2.05, 4.69) is 11.7 Å². The molecular weight excluding hydrogens is 390 g/mol. The van der Waals surface area contributed by atoms with Crippen molar-refractivity contribution in [3.05, 3.63) is 107 Å². The zero-order chi connectivity index (χ0) is 22.1. The Morgan fingerprint density at radius 3 is 2.45 bits per heavy atom. The van der Waals surface area contributed by atoms with Crippen molar-refractivity contribution >= 4 is 11.7 Å². The van der Waals surface area contributed by atoms with Crippen LogP contribution in [0.1, 0.15) is 47.2 Å². The van der Waals surface area contributed by atoms with Gasteiger partial charge in [0.1, 0.15) is 12.4 Å². The Morgan fingerprint density at radius 2 is 1.81 bits per heavy atom. The van der Waals surface area contributed by atoms with E-state index in [9.17, 15) is 10.0 Å². The molecule has 3 rings (SSSR count). The summed E-state index contributed by atoms with van der Waals surface area (Å²) >= 11 is 0. The van der Waals surface area contributed by atoms with Crippen molar-refractivity contribution in [2.75, 3.05) is 0 Å². The quantitative estimate of drug-likeness (QED) is 0.286. The fourth-order valence-corrected chi connectivity index (χ4v) is 3.66. The number of nitrogens with zero attached hydrogens (tertiary/aromatic N) is 1. The second-order valence-corrected chi connectivity index (χ2v) is 7.49. The maximum atomic E-state index is 11.0. The van der Waals surface area contributed by atoms with Crippen molar-refractivity contribution in [2.24, 2.45) is 5.16 Å². The van der Waals surface area contributed by atoms with Crippen molar-refractivity contribution < 1.29 is 19.8 Å². The lowest BCUT2D eigenvalue weighted by atomic mass is 9.90. The van der Waals surface area contributed by atoms with Gasteiger partial charge < -0.3 is 15.1 Å². The number of carboxylic acid groups (broad SMARTS) is 1. The fourth-order valence-electron chi connectivity index (χ4n) is 3.66. The molecule has 160 valence electrons. The molecule has 0 amide bonds. The number of aryl methyl sites for hydroxylation is 1. The highest BCUT2D eigenvalue weighted by Gasteiger charge is 2.21. The number of hydrogen-bond acceptors (Lipinski definition) is 4. The molecule has 31 heavy (non-hydrogen) atoms. The predicted octanol–water partition coefficient (Wildman–Crippen LogP) is 5.91. The average molecular weight is 418 g/mol. The minimum atomic E-state index is -0.920. The summed E-state index contributed by atoms with van der Waals surface area (Å²) in [6.07, 6.45) is 7.35. The van der Waals surface area contributed by atoms with Gasteiger partial charge in [-0.15, -0.1) is 6.58 Å². The minimum Gasteiger partial charge on any atom is -0.489 e. The van der Waals surface area contributed by atoms with E-state index in [4.69, 9.17) is 9.84 Å². The topological polar surface area (TPSA) is 79.1 Å². The Bertz CT molecular complexity index is 1000. The van der Waals surface area contributed by atoms with Gasteiger partial charge in [0, 0.05) is 6.42 Å². The van der Waals surface area contributed by atoms with Crippen molar-refractivity contribution in [2.45, 2.75) is 38.7 Å². The third kappa shape index (κ3) is 6.19. The molecule has 5 nitrogen and oxygen atoms in total. The molecule has 0 saturated heterocycles. The number of carboxylic acids is 1. The Morgan fingerprint density at radius 1 is 1.06 bits per heavy atom. The number of carbonyl (C=O) groups is 1. The molecule has 2 aromatic carbocycles. The summed E-state index contributed by atoms with van der Waals surface area (Å²) in [5.74, 6) is -0.0612. The van der Waals surface area contributed by atoms with E-state index < -0.39 is 5.97 Å². The summed E-state index contributed by atoms with van der Waals surface area (Å²) in [6.45, 7) is 4.31. The first-order chi connectivity index (χ1) is 15.1. The molecule has 0 heterocycles. The van der Waals surface area contributed by atoms with Crippen LogP contribution in [-0.2, 0) is 17.8 Å². The van der Waals surface area contributed by atoms with Gasteiger partial charge in [0.2, 0.25) is 0 Å². The van der Waals surface area contributed by atoms with E-state index in [0.717, 1.165) is 47.3 Å². The van der Waals surface area contributed by atoms with Crippen molar-refractivity contribution in [3.63, 3.8) is 0 Å². The minimum absolute atomic E-state index is 0.290. The number of hydrogen-bond donors (Lipinski definition) is 2. The Labute approximate surface area is 182 Å². The average Bonchev–Trinajstić information content (AvgIpc) is 2.79. The lowest BCUT2D eigenvalue weighted by Gasteiger charge is -2.23. The second kappa shape index (κ2) is 11.0. The number of aromatic carboxylic acids is 1. The van der Waals surface area contributed by atoms with Crippen LogP contribution in [0.2, 0.25) is 0 Å². The normalized spacial score (nSPS) is 15.0. The summed E-state index contributed by atoms with van der Waals surface area (Å²) in [6, 6.07) is 17.0. The van der Waals surface area contributed by atoms with Gasteiger partial charge in [-0.2, -0.15) is 0 Å². The highest BCUT2D eigenvalue weighted by Crippen LogP contribution is 2.31. The molecule has 0 saturated carbocycles. The zero-order valence-electron chi connectivity index (χ0n) is 17.5. The van der Waals surface area contributed by atoms with Gasteiger partial charge in [-0.25, -0.2) is 4.79 Å². The van der Waals surface area contributed by atoms with Crippen LogP contribution in [0.3, 0.4) is 0 Å². The molecule has 0 aliphatic heterocycles. The first kappa shape index (κ1) is 22.1. The molecule has 1 aliphatic rings. The maximum Gasteiger partial charge on any atom is 0.335 e. The maximum absolute atomic E-state index is 11.0. The SMILES string of the molecule is C=CCC1=CC(=NO)CC(CCCc2ccc(C(=O)O)cc2)=C1OCc1ccccc1. The molecule has 5 heteroatoms. The van der Waals surface area contributed by atoms with Gasteiger partial charge in [-0.1, -0.05) is 53.7 Å². The number of rotatable bonds is 10. The Balaban J connectivity index is 1.74. The van der Waals surface area contributed by atoms with Crippen LogP contribution in [0.15, 0.2) is 95.4 Å². The van der Waals surface area contributed by atoms with Gasteiger partial charge in [0.05, 0.1) is 11.3 Å². The summed E-state index contributed by atoms with van der Waals surface area (Å²) in [5.41, 5.74) is 5.15. The predicted molar refractivity (Wildman–Crippen MR) is 121 cm³/mol. The lowest BCUT2D eigenvalue weighted by molar-refractivity contribution is 0.0697. The zero-order valence-corrected chi connectivity index (χ0v) is 17.5. The first-order valence-electron chi connectivity index (χ1n) is 10.3. The molecule has 0 fully saturated rings. The van der Waals surface area contributed by atoms with Crippen LogP contribution < -0.4 is 0 Å². The first-order valence-corrected chi connectivity index (χ1v) is 10.3. The molecule has 2 aromatic rings. The Kier molecular flexibility index (Phi) is 7.82. The third-order valence-electron chi connectivity index (χ3n) is 5.21. The molecule has 0 atom stereocenters. The lowest BCUT2D eigenvalue weighted by Crippen LogP contribution is -2.12. The van der Waals surface area contributed by atoms with E-state index in [-0.39, 0.29) is 0 Å². The van der Waals surface area contributed by atoms with E-state index in [1.165, 1.54) is 0 Å². The number of benzene rings is 2. The molecular formula is C26H27NO4. The van der Waals surface area contributed by atoms with Crippen molar-refractivity contribution in [1.29, 1.82) is 0 Å². The molecule has 1 aliphatic carbocycles. The molecule has 0 spiro atoms. The van der Waals surface area contributed by atoms with Crippen molar-refractivity contribution in [3.8, 4) is 0 Å². The van der Waals surface area contributed by atoms with Gasteiger partial charge in [0.25, 0.3) is 0 Å². The fraction of sp³-hybridized carbons (Fsp3) is 0.231. The molecule has 0 radical (unpaired) electrons. The van der Waals surface area contributed by atoms with E-state index in [0.29, 0.717) is 30.7 Å². The van der Waals surface area contributed by atoms with Crippen LogP contribution in [-0.4, -0.2) is 22.0 Å². The van der Waals surface area contributed by atoms with Gasteiger partial charge in [-0.05, 0) is 66.2 Å².